The van der Waals surface area contributed by atoms with Crippen molar-refractivity contribution in [2.24, 2.45) is 0 Å². The summed E-state index contributed by atoms with van der Waals surface area (Å²) in [5.41, 5.74) is 4.54. The molecular formula is C33H40N2O2. The van der Waals surface area contributed by atoms with Crippen molar-refractivity contribution >= 4 is 11.8 Å². The lowest BCUT2D eigenvalue weighted by Gasteiger charge is -2.33. The Kier molecular flexibility index (Phi) is 9.93. The molecule has 0 saturated heterocycles. The molecule has 37 heavy (non-hydrogen) atoms. The van der Waals surface area contributed by atoms with E-state index in [0.717, 1.165) is 48.8 Å². The van der Waals surface area contributed by atoms with Gasteiger partial charge in [0.15, 0.2) is 0 Å². The summed E-state index contributed by atoms with van der Waals surface area (Å²) >= 11 is 0. The molecule has 0 aliphatic heterocycles. The molecule has 4 heteroatoms. The van der Waals surface area contributed by atoms with Gasteiger partial charge in [0, 0.05) is 25.4 Å². The van der Waals surface area contributed by atoms with Crippen molar-refractivity contribution in [3.63, 3.8) is 0 Å². The number of aryl methyl sites for hydroxylation is 2. The van der Waals surface area contributed by atoms with Crippen molar-refractivity contribution in [1.29, 1.82) is 0 Å². The second-order valence-electron chi connectivity index (χ2n) is 10.2. The van der Waals surface area contributed by atoms with Crippen molar-refractivity contribution in [2.45, 2.75) is 83.3 Å². The number of nitrogens with zero attached hydrogens (tertiary/aromatic N) is 1. The second-order valence-corrected chi connectivity index (χ2v) is 10.2. The number of amides is 2. The smallest absolute Gasteiger partial charge is 0.243 e. The number of nitrogens with one attached hydrogen (secondary N) is 1. The number of hydrogen-bond acceptors (Lipinski definition) is 2. The van der Waals surface area contributed by atoms with Crippen molar-refractivity contribution in [3.05, 3.63) is 107 Å². The molecule has 194 valence electrons. The summed E-state index contributed by atoms with van der Waals surface area (Å²) in [7, 11) is 0. The van der Waals surface area contributed by atoms with Crippen LogP contribution in [-0.4, -0.2) is 28.8 Å². The topological polar surface area (TPSA) is 49.4 Å². The SMILES string of the molecule is CCc1ccc(CCC(=O)N(Cc2ccccc2)[C@H](Cc2ccccc2)C(=O)NC2CCCCC2)cc1. The highest BCUT2D eigenvalue weighted by molar-refractivity contribution is 5.88. The summed E-state index contributed by atoms with van der Waals surface area (Å²) in [6.07, 6.45) is 8.11. The van der Waals surface area contributed by atoms with E-state index in [1.54, 1.807) is 0 Å². The molecule has 1 saturated carbocycles. The van der Waals surface area contributed by atoms with Crippen molar-refractivity contribution in [2.75, 3.05) is 0 Å². The fourth-order valence-corrected chi connectivity index (χ4v) is 5.21. The lowest BCUT2D eigenvalue weighted by molar-refractivity contribution is -0.141. The number of carbonyl (C=O) groups is 2. The van der Waals surface area contributed by atoms with Gasteiger partial charge in [-0.1, -0.05) is 111 Å². The van der Waals surface area contributed by atoms with Gasteiger partial charge in [0.05, 0.1) is 0 Å². The molecule has 1 atom stereocenters. The van der Waals surface area contributed by atoms with Gasteiger partial charge in [0.25, 0.3) is 0 Å². The standard InChI is InChI=1S/C33H40N2O2/c1-2-26-18-20-27(21-19-26)22-23-32(36)35(25-29-14-8-4-9-15-29)31(24-28-12-6-3-7-13-28)33(37)34-30-16-10-5-11-17-30/h3-4,6-9,12-15,18-21,30-31H,2,5,10-11,16-17,22-25H2,1H3,(H,34,37)/t31-/m1/s1. The van der Waals surface area contributed by atoms with Crippen LogP contribution in [0.2, 0.25) is 0 Å². The molecule has 0 aromatic heterocycles. The van der Waals surface area contributed by atoms with Gasteiger partial charge in [-0.25, -0.2) is 0 Å². The van der Waals surface area contributed by atoms with E-state index in [4.69, 9.17) is 0 Å². The summed E-state index contributed by atoms with van der Waals surface area (Å²) in [6, 6.07) is 28.2. The van der Waals surface area contributed by atoms with Gasteiger partial charge in [-0.05, 0) is 47.9 Å². The average Bonchev–Trinajstić information content (AvgIpc) is 2.95. The molecule has 1 N–H and O–H groups in total. The van der Waals surface area contributed by atoms with Gasteiger partial charge < -0.3 is 10.2 Å². The minimum absolute atomic E-state index is 0.0168. The summed E-state index contributed by atoms with van der Waals surface area (Å²) < 4.78 is 0. The van der Waals surface area contributed by atoms with E-state index in [9.17, 15) is 9.59 Å². The molecule has 1 fully saturated rings. The maximum Gasteiger partial charge on any atom is 0.243 e. The van der Waals surface area contributed by atoms with Crippen molar-refractivity contribution < 1.29 is 9.59 Å². The minimum atomic E-state index is -0.556. The first kappa shape index (κ1) is 26.7. The zero-order valence-electron chi connectivity index (χ0n) is 22.1. The molecule has 0 heterocycles. The summed E-state index contributed by atoms with van der Waals surface area (Å²) in [4.78, 5) is 29.4. The molecule has 3 aromatic carbocycles. The Morgan fingerprint density at radius 3 is 2.00 bits per heavy atom. The molecule has 1 aliphatic rings. The Balaban J connectivity index is 1.57. The second kappa shape index (κ2) is 13.8. The molecule has 0 radical (unpaired) electrons. The Morgan fingerprint density at radius 2 is 1.38 bits per heavy atom. The van der Waals surface area contributed by atoms with E-state index in [1.807, 2.05) is 65.6 Å². The van der Waals surface area contributed by atoms with Crippen LogP contribution in [0.3, 0.4) is 0 Å². The molecule has 0 unspecified atom stereocenters. The van der Waals surface area contributed by atoms with Crippen LogP contribution in [0.4, 0.5) is 0 Å². The van der Waals surface area contributed by atoms with Gasteiger partial charge in [-0.3, -0.25) is 9.59 Å². The quantitative estimate of drug-likeness (QED) is 0.340. The van der Waals surface area contributed by atoms with Crippen LogP contribution in [-0.2, 0) is 35.4 Å². The monoisotopic (exact) mass is 496 g/mol. The Labute approximate surface area is 222 Å². The van der Waals surface area contributed by atoms with Gasteiger partial charge in [0.2, 0.25) is 11.8 Å². The predicted molar refractivity (Wildman–Crippen MR) is 150 cm³/mol. The summed E-state index contributed by atoms with van der Waals surface area (Å²) in [6.45, 7) is 2.56. The first-order valence-electron chi connectivity index (χ1n) is 13.9. The van der Waals surface area contributed by atoms with Crippen LogP contribution in [0.25, 0.3) is 0 Å². The predicted octanol–water partition coefficient (Wildman–Crippen LogP) is 6.27. The third-order valence-corrected chi connectivity index (χ3v) is 7.48. The molecule has 4 nitrogen and oxygen atoms in total. The van der Waals surface area contributed by atoms with Crippen LogP contribution in [0.15, 0.2) is 84.9 Å². The van der Waals surface area contributed by atoms with Crippen molar-refractivity contribution in [3.8, 4) is 0 Å². The Morgan fingerprint density at radius 1 is 0.784 bits per heavy atom. The lowest BCUT2D eigenvalue weighted by Crippen LogP contribution is -2.52. The van der Waals surface area contributed by atoms with Crippen LogP contribution in [0.5, 0.6) is 0 Å². The van der Waals surface area contributed by atoms with E-state index >= 15 is 0 Å². The van der Waals surface area contributed by atoms with Gasteiger partial charge in [-0.2, -0.15) is 0 Å². The molecule has 0 spiro atoms. The van der Waals surface area contributed by atoms with E-state index in [1.165, 1.54) is 12.0 Å². The van der Waals surface area contributed by atoms with Crippen LogP contribution in [0.1, 0.15) is 67.7 Å². The normalized spacial score (nSPS) is 14.6. The van der Waals surface area contributed by atoms with Gasteiger partial charge >= 0.3 is 0 Å². The zero-order valence-corrected chi connectivity index (χ0v) is 22.1. The van der Waals surface area contributed by atoms with Gasteiger partial charge in [0.1, 0.15) is 6.04 Å². The fourth-order valence-electron chi connectivity index (χ4n) is 5.21. The lowest BCUT2D eigenvalue weighted by atomic mass is 9.94. The molecule has 3 aromatic rings. The largest absolute Gasteiger partial charge is 0.352 e. The highest BCUT2D eigenvalue weighted by Crippen LogP contribution is 2.20. The third kappa shape index (κ3) is 8.04. The van der Waals surface area contributed by atoms with E-state index in [2.05, 4.69) is 36.5 Å². The van der Waals surface area contributed by atoms with Gasteiger partial charge in [-0.15, -0.1) is 0 Å². The first-order valence-corrected chi connectivity index (χ1v) is 13.9. The third-order valence-electron chi connectivity index (χ3n) is 7.48. The van der Waals surface area contributed by atoms with Crippen LogP contribution in [0, 0.1) is 0 Å². The summed E-state index contributed by atoms with van der Waals surface area (Å²) in [5, 5.41) is 3.31. The fraction of sp³-hybridized carbons (Fsp3) is 0.394. The number of benzene rings is 3. The number of rotatable bonds is 11. The van der Waals surface area contributed by atoms with Crippen LogP contribution >= 0.6 is 0 Å². The van der Waals surface area contributed by atoms with Crippen LogP contribution < -0.4 is 5.32 Å². The maximum atomic E-state index is 13.8. The Bertz CT molecular complexity index is 1110. The highest BCUT2D eigenvalue weighted by Gasteiger charge is 2.31. The molecule has 0 bridgehead atoms. The first-order chi connectivity index (χ1) is 18.1. The highest BCUT2D eigenvalue weighted by atomic mass is 16.2. The average molecular weight is 497 g/mol. The van der Waals surface area contributed by atoms with E-state index < -0.39 is 6.04 Å². The minimum Gasteiger partial charge on any atom is -0.352 e. The van der Waals surface area contributed by atoms with Crippen molar-refractivity contribution in [1.82, 2.24) is 10.2 Å². The molecule has 1 aliphatic carbocycles. The maximum absolute atomic E-state index is 13.8. The Hall–Kier alpha value is -3.40. The number of carbonyl (C=O) groups excluding carboxylic acids is 2. The molecule has 2 amide bonds. The van der Waals surface area contributed by atoms with E-state index in [-0.39, 0.29) is 17.9 Å². The zero-order chi connectivity index (χ0) is 25.9. The van der Waals surface area contributed by atoms with E-state index in [0.29, 0.717) is 25.8 Å². The molecular weight excluding hydrogens is 456 g/mol. The number of hydrogen-bond donors (Lipinski definition) is 1. The summed E-state index contributed by atoms with van der Waals surface area (Å²) in [5.74, 6) is -0.0181. The molecule has 4 rings (SSSR count).